The fourth-order valence-corrected chi connectivity index (χ4v) is 2.00. The Labute approximate surface area is 86.5 Å². The Bertz CT molecular complexity index is 313. The van der Waals surface area contributed by atoms with Crippen LogP contribution in [0.15, 0.2) is 24.3 Å². The molecule has 0 spiro atoms. The minimum Gasteiger partial charge on any atom is -0.307 e. The van der Waals surface area contributed by atoms with Gasteiger partial charge in [-0.05, 0) is 38.3 Å². The van der Waals surface area contributed by atoms with Gasteiger partial charge in [0.05, 0.1) is 0 Å². The molecule has 0 radical (unpaired) electrons. The highest BCUT2D eigenvalue weighted by atomic mass is 15.0. The second kappa shape index (κ2) is 3.74. The van der Waals surface area contributed by atoms with Crippen LogP contribution in [0.5, 0.6) is 0 Å². The summed E-state index contributed by atoms with van der Waals surface area (Å²) in [5.41, 5.74) is 3.18. The summed E-state index contributed by atoms with van der Waals surface area (Å²) in [6.07, 6.45) is 3.82. The van der Waals surface area contributed by atoms with Crippen LogP contribution >= 0.6 is 0 Å². The Balaban J connectivity index is 2.14. The molecule has 2 rings (SSSR count). The van der Waals surface area contributed by atoms with Crippen LogP contribution in [-0.4, -0.2) is 6.54 Å². The molecule has 0 aliphatic heterocycles. The minimum atomic E-state index is 0.335. The third kappa shape index (κ3) is 1.83. The Morgan fingerprint density at radius 1 is 1.36 bits per heavy atom. The molecule has 1 aromatic rings. The van der Waals surface area contributed by atoms with Gasteiger partial charge in [-0.25, -0.2) is 0 Å². The number of hydrogen-bond donors (Lipinski definition) is 1. The lowest BCUT2D eigenvalue weighted by molar-refractivity contribution is 0.518. The molecule has 1 saturated carbocycles. The molecule has 0 atom stereocenters. The fourth-order valence-electron chi connectivity index (χ4n) is 2.00. The van der Waals surface area contributed by atoms with Gasteiger partial charge in [-0.15, -0.1) is 0 Å². The summed E-state index contributed by atoms with van der Waals surface area (Å²) in [6, 6.07) is 8.90. The molecule has 0 unspecified atom stereocenters. The van der Waals surface area contributed by atoms with Crippen molar-refractivity contribution < 1.29 is 0 Å². The number of rotatable bonds is 4. The highest BCUT2D eigenvalue weighted by Crippen LogP contribution is 2.45. The maximum absolute atomic E-state index is 3.66. The average Bonchev–Trinajstić information content (AvgIpc) is 2.96. The summed E-state index contributed by atoms with van der Waals surface area (Å²) >= 11 is 0. The summed E-state index contributed by atoms with van der Waals surface area (Å²) in [5, 5.41) is 3.66. The maximum Gasteiger partial charge on any atom is 0.0436 e. The number of aryl methyl sites for hydroxylation is 1. The molecule has 1 nitrogen and oxygen atoms in total. The Hall–Kier alpha value is -0.820. The summed E-state index contributed by atoms with van der Waals surface area (Å²) < 4.78 is 0. The van der Waals surface area contributed by atoms with Gasteiger partial charge in [0.1, 0.15) is 0 Å². The van der Waals surface area contributed by atoms with Crippen LogP contribution < -0.4 is 5.32 Å². The highest BCUT2D eigenvalue weighted by Gasteiger charge is 2.43. The second-order valence-electron chi connectivity index (χ2n) is 4.38. The van der Waals surface area contributed by atoms with Crippen molar-refractivity contribution >= 4 is 0 Å². The lowest BCUT2D eigenvalue weighted by Gasteiger charge is -2.17. The third-order valence-electron chi connectivity index (χ3n) is 3.03. The van der Waals surface area contributed by atoms with Gasteiger partial charge in [-0.1, -0.05) is 36.8 Å². The van der Waals surface area contributed by atoms with E-state index in [1.54, 1.807) is 0 Å². The molecule has 1 aromatic carbocycles. The van der Waals surface area contributed by atoms with E-state index in [0.717, 1.165) is 6.54 Å². The van der Waals surface area contributed by atoms with Gasteiger partial charge in [-0.3, -0.25) is 0 Å². The lowest BCUT2D eigenvalue weighted by Crippen LogP contribution is -2.29. The van der Waals surface area contributed by atoms with E-state index in [1.807, 2.05) is 0 Å². The summed E-state index contributed by atoms with van der Waals surface area (Å²) in [4.78, 5) is 0. The van der Waals surface area contributed by atoms with Crippen LogP contribution in [0.1, 0.15) is 37.3 Å². The molecule has 0 heterocycles. The molecule has 14 heavy (non-hydrogen) atoms. The molecule has 1 heteroatoms. The van der Waals surface area contributed by atoms with E-state index in [2.05, 4.69) is 43.4 Å². The standard InChI is InChI=1S/C13H19N/c1-3-9-14-13(7-8-13)12-6-4-5-11(2)10-12/h4-6,10,14H,3,7-9H2,1-2H3. The van der Waals surface area contributed by atoms with Gasteiger partial charge in [0.15, 0.2) is 0 Å². The molecule has 0 saturated heterocycles. The van der Waals surface area contributed by atoms with E-state index in [9.17, 15) is 0 Å². The molecule has 1 aliphatic rings. The molecular weight excluding hydrogens is 170 g/mol. The number of hydrogen-bond acceptors (Lipinski definition) is 1. The molecule has 76 valence electrons. The van der Waals surface area contributed by atoms with E-state index in [4.69, 9.17) is 0 Å². The van der Waals surface area contributed by atoms with Crippen LogP contribution in [0.4, 0.5) is 0 Å². The van der Waals surface area contributed by atoms with E-state index in [1.165, 1.54) is 30.4 Å². The van der Waals surface area contributed by atoms with Crippen LogP contribution in [-0.2, 0) is 5.54 Å². The lowest BCUT2D eigenvalue weighted by atomic mass is 10.0. The first-order chi connectivity index (χ1) is 6.77. The van der Waals surface area contributed by atoms with E-state index in [0.29, 0.717) is 5.54 Å². The second-order valence-corrected chi connectivity index (χ2v) is 4.38. The molecule has 1 aliphatic carbocycles. The van der Waals surface area contributed by atoms with Crippen molar-refractivity contribution in [1.82, 2.24) is 5.32 Å². The van der Waals surface area contributed by atoms with E-state index in [-0.39, 0.29) is 0 Å². The predicted octanol–water partition coefficient (Wildman–Crippen LogP) is 2.98. The Morgan fingerprint density at radius 3 is 2.71 bits per heavy atom. The van der Waals surface area contributed by atoms with E-state index < -0.39 is 0 Å². The monoisotopic (exact) mass is 189 g/mol. The number of benzene rings is 1. The van der Waals surface area contributed by atoms with Crippen molar-refractivity contribution in [3.8, 4) is 0 Å². The topological polar surface area (TPSA) is 12.0 Å². The molecule has 0 amide bonds. The minimum absolute atomic E-state index is 0.335. The van der Waals surface area contributed by atoms with Crippen molar-refractivity contribution in [3.05, 3.63) is 35.4 Å². The molecule has 1 N–H and O–H groups in total. The quantitative estimate of drug-likeness (QED) is 0.767. The smallest absolute Gasteiger partial charge is 0.0436 e. The van der Waals surface area contributed by atoms with Gasteiger partial charge < -0.3 is 5.32 Å². The first kappa shape index (κ1) is 9.72. The summed E-state index contributed by atoms with van der Waals surface area (Å²) in [7, 11) is 0. The zero-order chi connectivity index (χ0) is 10.0. The third-order valence-corrected chi connectivity index (χ3v) is 3.03. The molecule has 1 fully saturated rings. The molecule has 0 aromatic heterocycles. The van der Waals surface area contributed by atoms with Crippen molar-refractivity contribution in [1.29, 1.82) is 0 Å². The van der Waals surface area contributed by atoms with Crippen LogP contribution in [0.25, 0.3) is 0 Å². The SMILES string of the molecule is CCCNC1(c2cccc(C)c2)CC1. The predicted molar refractivity (Wildman–Crippen MR) is 60.4 cm³/mol. The Morgan fingerprint density at radius 2 is 2.14 bits per heavy atom. The van der Waals surface area contributed by atoms with Gasteiger partial charge >= 0.3 is 0 Å². The van der Waals surface area contributed by atoms with E-state index >= 15 is 0 Å². The van der Waals surface area contributed by atoms with Gasteiger partial charge in [0, 0.05) is 5.54 Å². The fraction of sp³-hybridized carbons (Fsp3) is 0.538. The van der Waals surface area contributed by atoms with Crippen LogP contribution in [0.2, 0.25) is 0 Å². The normalized spacial score (nSPS) is 18.1. The molecular formula is C13H19N. The average molecular weight is 189 g/mol. The zero-order valence-corrected chi connectivity index (χ0v) is 9.14. The maximum atomic E-state index is 3.66. The van der Waals surface area contributed by atoms with Crippen molar-refractivity contribution in [3.63, 3.8) is 0 Å². The largest absolute Gasteiger partial charge is 0.307 e. The van der Waals surface area contributed by atoms with Crippen molar-refractivity contribution in [2.24, 2.45) is 0 Å². The summed E-state index contributed by atoms with van der Waals surface area (Å²) in [6.45, 7) is 5.52. The van der Waals surface area contributed by atoms with Gasteiger partial charge in [0.25, 0.3) is 0 Å². The van der Waals surface area contributed by atoms with Crippen LogP contribution in [0, 0.1) is 6.92 Å². The van der Waals surface area contributed by atoms with Crippen molar-refractivity contribution in [2.45, 2.75) is 38.6 Å². The highest BCUT2D eigenvalue weighted by molar-refractivity contribution is 5.33. The van der Waals surface area contributed by atoms with Gasteiger partial charge in [-0.2, -0.15) is 0 Å². The Kier molecular flexibility index (Phi) is 2.60. The first-order valence-corrected chi connectivity index (χ1v) is 5.59. The first-order valence-electron chi connectivity index (χ1n) is 5.59. The zero-order valence-electron chi connectivity index (χ0n) is 9.14. The summed E-state index contributed by atoms with van der Waals surface area (Å²) in [5.74, 6) is 0. The number of nitrogens with one attached hydrogen (secondary N) is 1. The molecule has 0 bridgehead atoms. The van der Waals surface area contributed by atoms with Crippen LogP contribution in [0.3, 0.4) is 0 Å². The van der Waals surface area contributed by atoms with Crippen molar-refractivity contribution in [2.75, 3.05) is 6.54 Å². The van der Waals surface area contributed by atoms with Gasteiger partial charge in [0.2, 0.25) is 0 Å².